The second kappa shape index (κ2) is 6.50. The van der Waals surface area contributed by atoms with Crippen molar-refractivity contribution in [3.63, 3.8) is 0 Å². The predicted octanol–water partition coefficient (Wildman–Crippen LogP) is 2.19. The summed E-state index contributed by atoms with van der Waals surface area (Å²) in [5, 5.41) is 3.93. The van der Waals surface area contributed by atoms with E-state index in [1.165, 1.54) is 29.2 Å². The highest BCUT2D eigenvalue weighted by atomic mass is 32.2. The summed E-state index contributed by atoms with van der Waals surface area (Å²) in [6.45, 7) is 1.92. The molecular formula is C16H15FN4O2S. The van der Waals surface area contributed by atoms with Gasteiger partial charge in [0.1, 0.15) is 16.4 Å². The molecule has 0 atom stereocenters. The molecule has 0 fully saturated rings. The number of pyridine rings is 1. The number of para-hydroxylation sites is 1. The Morgan fingerprint density at radius 2 is 2.00 bits per heavy atom. The largest absolute Gasteiger partial charge is 0.260 e. The van der Waals surface area contributed by atoms with E-state index in [1.54, 1.807) is 24.4 Å². The number of halogens is 1. The van der Waals surface area contributed by atoms with E-state index in [-0.39, 0.29) is 17.1 Å². The van der Waals surface area contributed by atoms with Crippen molar-refractivity contribution in [1.29, 1.82) is 0 Å². The summed E-state index contributed by atoms with van der Waals surface area (Å²) in [5.41, 5.74) is 1.71. The fourth-order valence-corrected chi connectivity index (χ4v) is 3.08. The molecule has 6 nitrogen and oxygen atoms in total. The molecule has 0 unspecified atom stereocenters. The number of rotatable bonds is 5. The van der Waals surface area contributed by atoms with Gasteiger partial charge in [-0.3, -0.25) is 4.98 Å². The molecule has 8 heteroatoms. The average molecular weight is 346 g/mol. The highest BCUT2D eigenvalue weighted by Crippen LogP contribution is 2.15. The van der Waals surface area contributed by atoms with Gasteiger partial charge in [0.2, 0.25) is 10.0 Å². The molecule has 3 aromatic rings. The zero-order valence-electron chi connectivity index (χ0n) is 12.8. The predicted molar refractivity (Wildman–Crippen MR) is 86.5 cm³/mol. The summed E-state index contributed by atoms with van der Waals surface area (Å²) < 4.78 is 42.1. The summed E-state index contributed by atoms with van der Waals surface area (Å²) >= 11 is 0. The van der Waals surface area contributed by atoms with Crippen LogP contribution in [0.1, 0.15) is 11.3 Å². The lowest BCUT2D eigenvalue weighted by Gasteiger charge is -2.06. The zero-order chi connectivity index (χ0) is 17.2. The van der Waals surface area contributed by atoms with Crippen LogP contribution in [-0.2, 0) is 16.6 Å². The van der Waals surface area contributed by atoms with Crippen molar-refractivity contribution in [3.8, 4) is 5.69 Å². The molecule has 0 amide bonds. The number of benzene rings is 1. The van der Waals surface area contributed by atoms with E-state index in [2.05, 4.69) is 14.8 Å². The molecule has 1 aromatic carbocycles. The summed E-state index contributed by atoms with van der Waals surface area (Å²) in [7, 11) is -3.77. The normalized spacial score (nSPS) is 11.6. The number of aromatic nitrogens is 3. The van der Waals surface area contributed by atoms with Gasteiger partial charge in [0.05, 0.1) is 24.6 Å². The van der Waals surface area contributed by atoms with Crippen LogP contribution in [0, 0.1) is 12.7 Å². The second-order valence-electron chi connectivity index (χ2n) is 5.16. The topological polar surface area (TPSA) is 76.9 Å². The smallest absolute Gasteiger partial charge is 0.244 e. The monoisotopic (exact) mass is 346 g/mol. The van der Waals surface area contributed by atoms with E-state index >= 15 is 0 Å². The van der Waals surface area contributed by atoms with Gasteiger partial charge >= 0.3 is 0 Å². The molecule has 0 saturated carbocycles. The summed E-state index contributed by atoms with van der Waals surface area (Å²) in [4.78, 5) is 4.10. The van der Waals surface area contributed by atoms with E-state index in [0.29, 0.717) is 5.69 Å². The molecule has 2 aromatic heterocycles. The molecular weight excluding hydrogens is 331 g/mol. The zero-order valence-corrected chi connectivity index (χ0v) is 13.7. The highest BCUT2D eigenvalue weighted by Gasteiger charge is 2.18. The van der Waals surface area contributed by atoms with Gasteiger partial charge in [-0.25, -0.2) is 22.2 Å². The van der Waals surface area contributed by atoms with E-state index < -0.39 is 15.8 Å². The third-order valence-electron chi connectivity index (χ3n) is 3.52. The Bertz CT molecular complexity index is 969. The van der Waals surface area contributed by atoms with Crippen LogP contribution in [0.5, 0.6) is 0 Å². The number of nitrogens with zero attached hydrogens (tertiary/aromatic N) is 3. The highest BCUT2D eigenvalue weighted by molar-refractivity contribution is 7.89. The van der Waals surface area contributed by atoms with Crippen LogP contribution in [0.3, 0.4) is 0 Å². The van der Waals surface area contributed by atoms with Crippen molar-refractivity contribution in [3.05, 3.63) is 72.1 Å². The lowest BCUT2D eigenvalue weighted by atomic mass is 10.2. The van der Waals surface area contributed by atoms with Crippen LogP contribution in [0.15, 0.2) is 59.9 Å². The Morgan fingerprint density at radius 3 is 2.75 bits per heavy atom. The van der Waals surface area contributed by atoms with E-state index in [4.69, 9.17) is 0 Å². The third kappa shape index (κ3) is 3.34. The minimum Gasteiger partial charge on any atom is -0.260 e. The SMILES string of the molecule is Cc1cccnc1CNS(=O)(=O)c1cnn(-c2ccccc2F)c1. The van der Waals surface area contributed by atoms with Gasteiger partial charge in [-0.15, -0.1) is 0 Å². The molecule has 0 aliphatic carbocycles. The first kappa shape index (κ1) is 16.3. The van der Waals surface area contributed by atoms with E-state index in [1.807, 2.05) is 13.0 Å². The first-order valence-electron chi connectivity index (χ1n) is 7.17. The fourth-order valence-electron chi connectivity index (χ4n) is 2.16. The number of hydrogen-bond acceptors (Lipinski definition) is 4. The summed E-state index contributed by atoms with van der Waals surface area (Å²) in [6, 6.07) is 9.64. The van der Waals surface area contributed by atoms with Crippen molar-refractivity contribution in [2.45, 2.75) is 18.4 Å². The summed E-state index contributed by atoms with van der Waals surface area (Å²) in [5.74, 6) is -0.485. The lowest BCUT2D eigenvalue weighted by molar-refractivity contribution is 0.580. The minimum atomic E-state index is -3.77. The van der Waals surface area contributed by atoms with Gasteiger partial charge in [0, 0.05) is 6.20 Å². The Labute approximate surface area is 139 Å². The number of nitrogens with one attached hydrogen (secondary N) is 1. The molecule has 0 spiro atoms. The number of aryl methyl sites for hydroxylation is 1. The van der Waals surface area contributed by atoms with Gasteiger partial charge in [0.25, 0.3) is 0 Å². The van der Waals surface area contributed by atoms with E-state index in [9.17, 15) is 12.8 Å². The van der Waals surface area contributed by atoms with Crippen LogP contribution in [-0.4, -0.2) is 23.2 Å². The molecule has 0 aliphatic heterocycles. The maximum absolute atomic E-state index is 13.8. The lowest BCUT2D eigenvalue weighted by Crippen LogP contribution is -2.23. The number of sulfonamides is 1. The van der Waals surface area contributed by atoms with Gasteiger partial charge in [-0.05, 0) is 30.7 Å². The first-order valence-corrected chi connectivity index (χ1v) is 8.65. The van der Waals surface area contributed by atoms with Crippen molar-refractivity contribution >= 4 is 10.0 Å². The van der Waals surface area contributed by atoms with E-state index in [0.717, 1.165) is 5.56 Å². The molecule has 3 rings (SSSR count). The molecule has 1 N–H and O–H groups in total. The summed E-state index contributed by atoms with van der Waals surface area (Å²) in [6.07, 6.45) is 4.05. The number of hydrogen-bond donors (Lipinski definition) is 1. The third-order valence-corrected chi connectivity index (χ3v) is 4.87. The van der Waals surface area contributed by atoms with Gasteiger partial charge in [0.15, 0.2) is 0 Å². The second-order valence-corrected chi connectivity index (χ2v) is 6.93. The van der Waals surface area contributed by atoms with Gasteiger partial charge in [-0.2, -0.15) is 5.10 Å². The van der Waals surface area contributed by atoms with Gasteiger partial charge < -0.3 is 0 Å². The van der Waals surface area contributed by atoms with Crippen LogP contribution in [0.25, 0.3) is 5.69 Å². The van der Waals surface area contributed by atoms with Crippen LogP contribution in [0.2, 0.25) is 0 Å². The Morgan fingerprint density at radius 1 is 1.21 bits per heavy atom. The Hall–Kier alpha value is -2.58. The Balaban J connectivity index is 1.81. The minimum absolute atomic E-state index is 0.0423. The van der Waals surface area contributed by atoms with Crippen LogP contribution in [0.4, 0.5) is 4.39 Å². The molecule has 0 aliphatic rings. The fraction of sp³-hybridized carbons (Fsp3) is 0.125. The molecule has 0 bridgehead atoms. The molecule has 124 valence electrons. The molecule has 0 radical (unpaired) electrons. The first-order chi connectivity index (χ1) is 11.5. The van der Waals surface area contributed by atoms with Gasteiger partial charge in [-0.1, -0.05) is 18.2 Å². The molecule has 24 heavy (non-hydrogen) atoms. The van der Waals surface area contributed by atoms with Crippen LogP contribution >= 0.6 is 0 Å². The maximum Gasteiger partial charge on any atom is 0.244 e. The molecule has 0 saturated heterocycles. The van der Waals surface area contributed by atoms with Crippen molar-refractivity contribution in [1.82, 2.24) is 19.5 Å². The molecule has 2 heterocycles. The van der Waals surface area contributed by atoms with Crippen molar-refractivity contribution < 1.29 is 12.8 Å². The van der Waals surface area contributed by atoms with Crippen molar-refractivity contribution in [2.75, 3.05) is 0 Å². The standard InChI is InChI=1S/C16H15FN4O2S/c1-12-5-4-8-18-15(12)10-20-24(22,23)13-9-19-21(11-13)16-7-3-2-6-14(16)17/h2-9,11,20H,10H2,1H3. The maximum atomic E-state index is 13.8. The average Bonchev–Trinajstić information content (AvgIpc) is 3.05. The van der Waals surface area contributed by atoms with Crippen LogP contribution < -0.4 is 4.72 Å². The quantitative estimate of drug-likeness (QED) is 0.768. The Kier molecular flexibility index (Phi) is 4.41. The van der Waals surface area contributed by atoms with Crippen molar-refractivity contribution in [2.24, 2.45) is 0 Å².